The van der Waals surface area contributed by atoms with E-state index in [0.717, 1.165) is 102 Å². The van der Waals surface area contributed by atoms with Gasteiger partial charge in [-0.25, -0.2) is 9.13 Å². The average Bonchev–Trinajstić information content (AvgIpc) is 3.27. The summed E-state index contributed by atoms with van der Waals surface area (Å²) >= 11 is 0. The fraction of sp³-hybridized carbons (Fsp3) is 0.947. The van der Waals surface area contributed by atoms with E-state index in [9.17, 15) is 43.2 Å². The van der Waals surface area contributed by atoms with Crippen molar-refractivity contribution in [1.82, 2.24) is 0 Å². The van der Waals surface area contributed by atoms with Gasteiger partial charge in [-0.05, 0) is 43.4 Å². The van der Waals surface area contributed by atoms with Crippen LogP contribution in [0.25, 0.3) is 0 Å². The first-order valence-corrected chi connectivity index (χ1v) is 41.9. The van der Waals surface area contributed by atoms with Crippen molar-refractivity contribution in [2.75, 3.05) is 39.6 Å². The summed E-state index contributed by atoms with van der Waals surface area (Å²) in [4.78, 5) is 72.6. The molecular weight excluding hydrogens is 1230 g/mol. The number of aliphatic hydroxyl groups is 1. The summed E-state index contributed by atoms with van der Waals surface area (Å²) in [6, 6.07) is 0. The molecule has 94 heavy (non-hydrogen) atoms. The lowest BCUT2D eigenvalue weighted by atomic mass is 9.99. The zero-order valence-electron chi connectivity index (χ0n) is 61.4. The summed E-state index contributed by atoms with van der Waals surface area (Å²) in [7, 11) is -9.90. The Morgan fingerprint density at radius 2 is 0.543 bits per heavy atom. The number of esters is 4. The zero-order valence-corrected chi connectivity index (χ0v) is 63.2. The largest absolute Gasteiger partial charge is 0.472 e. The van der Waals surface area contributed by atoms with Crippen LogP contribution in [0.1, 0.15) is 382 Å². The highest BCUT2D eigenvalue weighted by Gasteiger charge is 2.30. The number of ether oxygens (including phenoxy) is 4. The van der Waals surface area contributed by atoms with E-state index in [0.29, 0.717) is 31.6 Å². The summed E-state index contributed by atoms with van der Waals surface area (Å²) < 4.78 is 68.4. The quantitative estimate of drug-likeness (QED) is 0.0222. The van der Waals surface area contributed by atoms with Gasteiger partial charge in [-0.3, -0.25) is 37.3 Å². The maximum atomic E-state index is 13.1. The third-order valence-electron chi connectivity index (χ3n) is 17.7. The van der Waals surface area contributed by atoms with Gasteiger partial charge in [0.15, 0.2) is 12.2 Å². The fourth-order valence-electron chi connectivity index (χ4n) is 11.4. The van der Waals surface area contributed by atoms with Crippen LogP contribution in [0.4, 0.5) is 0 Å². The van der Waals surface area contributed by atoms with Crippen LogP contribution < -0.4 is 0 Å². The molecule has 0 rings (SSSR count). The lowest BCUT2D eigenvalue weighted by Gasteiger charge is -2.21. The van der Waals surface area contributed by atoms with E-state index in [4.69, 9.17) is 37.0 Å². The number of hydrogen-bond donors (Lipinski definition) is 3. The van der Waals surface area contributed by atoms with Crippen LogP contribution in [0.2, 0.25) is 0 Å². The van der Waals surface area contributed by atoms with Crippen molar-refractivity contribution in [2.45, 2.75) is 401 Å². The van der Waals surface area contributed by atoms with Crippen molar-refractivity contribution in [3.63, 3.8) is 0 Å². The van der Waals surface area contributed by atoms with Gasteiger partial charge in [0, 0.05) is 25.7 Å². The maximum Gasteiger partial charge on any atom is 0.472 e. The van der Waals surface area contributed by atoms with Gasteiger partial charge in [0.2, 0.25) is 0 Å². The number of unbranched alkanes of at least 4 members (excludes halogenated alkanes) is 40. The van der Waals surface area contributed by atoms with Crippen molar-refractivity contribution >= 4 is 39.5 Å². The lowest BCUT2D eigenvalue weighted by molar-refractivity contribution is -0.161. The second kappa shape index (κ2) is 65.7. The van der Waals surface area contributed by atoms with Gasteiger partial charge >= 0.3 is 39.5 Å². The van der Waals surface area contributed by atoms with Crippen molar-refractivity contribution in [3.05, 3.63) is 0 Å². The zero-order chi connectivity index (χ0) is 69.4. The van der Waals surface area contributed by atoms with E-state index in [1.807, 2.05) is 0 Å². The smallest absolute Gasteiger partial charge is 0.462 e. The van der Waals surface area contributed by atoms with Crippen molar-refractivity contribution in [3.8, 4) is 0 Å². The molecule has 6 atom stereocenters. The van der Waals surface area contributed by atoms with Crippen molar-refractivity contribution in [2.24, 2.45) is 17.8 Å². The van der Waals surface area contributed by atoms with Crippen LogP contribution in [0.5, 0.6) is 0 Å². The predicted octanol–water partition coefficient (Wildman–Crippen LogP) is 21.8. The Bertz CT molecular complexity index is 1840. The molecule has 0 spiro atoms. The molecule has 0 aliphatic heterocycles. The Balaban J connectivity index is 5.16. The Labute approximate surface area is 575 Å². The second-order valence-electron chi connectivity index (χ2n) is 28.2. The molecule has 0 aromatic carbocycles. The number of carbonyl (C=O) groups is 4. The van der Waals surface area contributed by atoms with E-state index in [1.54, 1.807) is 0 Å². The Morgan fingerprint density at radius 3 is 0.809 bits per heavy atom. The molecule has 558 valence electrons. The normalized spacial score (nSPS) is 14.4. The lowest BCUT2D eigenvalue weighted by Crippen LogP contribution is -2.30. The van der Waals surface area contributed by atoms with Crippen molar-refractivity contribution in [1.29, 1.82) is 0 Å². The van der Waals surface area contributed by atoms with Crippen molar-refractivity contribution < 1.29 is 80.2 Å². The Hall–Kier alpha value is -1.94. The van der Waals surface area contributed by atoms with E-state index >= 15 is 0 Å². The molecule has 0 radical (unpaired) electrons. The summed E-state index contributed by atoms with van der Waals surface area (Å²) in [5.41, 5.74) is 0. The minimum atomic E-state index is -4.96. The summed E-state index contributed by atoms with van der Waals surface area (Å²) in [5.74, 6) is 0.202. The molecule has 19 heteroatoms. The first-order valence-electron chi connectivity index (χ1n) is 38.9. The molecule has 0 saturated heterocycles. The van der Waals surface area contributed by atoms with E-state index in [2.05, 4.69) is 48.5 Å². The monoisotopic (exact) mass is 1380 g/mol. The summed E-state index contributed by atoms with van der Waals surface area (Å²) in [6.45, 7) is 11.9. The summed E-state index contributed by atoms with van der Waals surface area (Å²) in [6.07, 6.45) is 51.5. The Morgan fingerprint density at radius 1 is 0.309 bits per heavy atom. The summed E-state index contributed by atoms with van der Waals surface area (Å²) in [5, 5.41) is 10.6. The molecule has 0 aliphatic carbocycles. The van der Waals surface area contributed by atoms with Gasteiger partial charge < -0.3 is 33.8 Å². The number of rotatable bonds is 73. The first kappa shape index (κ1) is 92.1. The molecule has 17 nitrogen and oxygen atoms in total. The van der Waals surface area contributed by atoms with Gasteiger partial charge in [-0.15, -0.1) is 0 Å². The highest BCUT2D eigenvalue weighted by molar-refractivity contribution is 7.47. The highest BCUT2D eigenvalue weighted by Crippen LogP contribution is 2.45. The van der Waals surface area contributed by atoms with Gasteiger partial charge in [0.1, 0.15) is 19.3 Å². The SMILES string of the molecule is CCCCCCCCCCCC(=O)OC[C@H](COP(=O)(O)OC[C@H](O)COP(=O)(O)OC[C@@H](COC(=O)CCCCCCCCCCCCC(C)C)OC(=O)CCCCCCCCCCCCCCCCCCCCC(C)CC)OC(=O)CCCCCCCCCC(C)C. The standard InChI is InChI=1S/C75H146O17P2/c1-8-10-11-12-13-26-35-42-49-56-72(77)85-63-71(92-75(80)59-52-45-38-31-33-40-47-54-67(5)6)65-90-94(83,84)88-61-69(76)60-87-93(81,82)89-64-70(62-86-73(78)57-50-43-36-29-25-24-27-32-39-46-53-66(3)4)91-74(79)58-51-44-37-30-23-21-19-17-15-14-16-18-20-22-28-34-41-48-55-68(7)9-2/h66-71,76H,8-65H2,1-7H3,(H,81,82)(H,83,84)/t68?,69-,70-,71-/m1/s1. The molecule has 0 amide bonds. The molecule has 0 heterocycles. The van der Waals surface area contributed by atoms with E-state index < -0.39 is 97.5 Å². The molecule has 0 fully saturated rings. The predicted molar refractivity (Wildman–Crippen MR) is 381 cm³/mol. The maximum absolute atomic E-state index is 13.1. The number of phosphoric acid groups is 2. The van der Waals surface area contributed by atoms with Gasteiger partial charge in [-0.2, -0.15) is 0 Å². The minimum Gasteiger partial charge on any atom is -0.462 e. The van der Waals surface area contributed by atoms with Gasteiger partial charge in [-0.1, -0.05) is 331 Å². The minimum absolute atomic E-state index is 0.103. The molecule has 3 unspecified atom stereocenters. The first-order chi connectivity index (χ1) is 45.3. The number of aliphatic hydroxyl groups excluding tert-OH is 1. The molecular formula is C75H146O17P2. The van der Waals surface area contributed by atoms with E-state index in [-0.39, 0.29) is 25.7 Å². The van der Waals surface area contributed by atoms with E-state index in [1.165, 1.54) is 193 Å². The second-order valence-corrected chi connectivity index (χ2v) is 31.1. The topological polar surface area (TPSA) is 237 Å². The number of carbonyl (C=O) groups excluding carboxylic acids is 4. The van der Waals surface area contributed by atoms with Crippen LogP contribution in [-0.4, -0.2) is 96.7 Å². The number of hydrogen-bond acceptors (Lipinski definition) is 15. The average molecular weight is 1380 g/mol. The third-order valence-corrected chi connectivity index (χ3v) is 19.6. The van der Waals surface area contributed by atoms with Crippen LogP contribution in [0.15, 0.2) is 0 Å². The highest BCUT2D eigenvalue weighted by atomic mass is 31.2. The van der Waals surface area contributed by atoms with Crippen LogP contribution in [0, 0.1) is 17.8 Å². The van der Waals surface area contributed by atoms with Gasteiger partial charge in [0.05, 0.1) is 26.4 Å². The van der Waals surface area contributed by atoms with Gasteiger partial charge in [0.25, 0.3) is 0 Å². The molecule has 0 aromatic heterocycles. The molecule has 0 saturated carbocycles. The van der Waals surface area contributed by atoms with Crippen LogP contribution >= 0.6 is 15.6 Å². The molecule has 0 aliphatic rings. The van der Waals surface area contributed by atoms with Crippen LogP contribution in [0.3, 0.4) is 0 Å². The molecule has 0 aromatic rings. The third kappa shape index (κ3) is 67.3. The molecule has 0 bridgehead atoms. The fourth-order valence-corrected chi connectivity index (χ4v) is 13.0. The number of phosphoric ester groups is 2. The molecule has 3 N–H and O–H groups in total. The Kier molecular flexibility index (Phi) is 64.3. The van der Waals surface area contributed by atoms with Crippen LogP contribution in [-0.2, 0) is 65.4 Å².